The highest BCUT2D eigenvalue weighted by Crippen LogP contribution is 2.29. The molecular weight excluding hydrogens is 452 g/mol. The molecule has 8 heteroatoms. The number of thiophene rings is 1. The predicted molar refractivity (Wildman–Crippen MR) is 134 cm³/mol. The van der Waals surface area contributed by atoms with E-state index in [1.807, 2.05) is 11.5 Å². The summed E-state index contributed by atoms with van der Waals surface area (Å²) in [4.78, 5) is 37.4. The number of thiazole rings is 1. The van der Waals surface area contributed by atoms with Gasteiger partial charge in [0.05, 0.1) is 26.5 Å². The maximum atomic E-state index is 13.0. The molecule has 1 aliphatic rings. The Labute approximate surface area is 200 Å². The molecule has 170 valence electrons. The third-order valence-electron chi connectivity index (χ3n) is 6.02. The van der Waals surface area contributed by atoms with Crippen molar-refractivity contribution in [2.24, 2.45) is 0 Å². The van der Waals surface area contributed by atoms with Crippen LogP contribution in [0.3, 0.4) is 0 Å². The highest BCUT2D eigenvalue weighted by atomic mass is 32.1. The van der Waals surface area contributed by atoms with Crippen LogP contribution in [-0.4, -0.2) is 27.0 Å². The van der Waals surface area contributed by atoms with Crippen molar-refractivity contribution in [1.82, 2.24) is 19.9 Å². The zero-order valence-corrected chi connectivity index (χ0v) is 20.2. The molecule has 6 nitrogen and oxygen atoms in total. The molecule has 33 heavy (non-hydrogen) atoms. The fraction of sp³-hybridized carbons (Fsp3) is 0.360. The van der Waals surface area contributed by atoms with Gasteiger partial charge < -0.3 is 5.32 Å². The summed E-state index contributed by atoms with van der Waals surface area (Å²) in [6.07, 6.45) is 5.96. The summed E-state index contributed by atoms with van der Waals surface area (Å²) in [6, 6.07) is 9.41. The van der Waals surface area contributed by atoms with Gasteiger partial charge in [-0.15, -0.1) is 22.7 Å². The van der Waals surface area contributed by atoms with Crippen LogP contribution in [0.5, 0.6) is 0 Å². The average Bonchev–Trinajstić information content (AvgIpc) is 3.44. The summed E-state index contributed by atoms with van der Waals surface area (Å²) < 4.78 is 1.82. The van der Waals surface area contributed by atoms with Crippen LogP contribution in [0.1, 0.15) is 51.8 Å². The second kappa shape index (κ2) is 9.57. The quantitative estimate of drug-likeness (QED) is 0.439. The third-order valence-corrected chi connectivity index (χ3v) is 7.96. The van der Waals surface area contributed by atoms with E-state index in [1.54, 1.807) is 40.9 Å². The molecule has 1 amide bonds. The van der Waals surface area contributed by atoms with Gasteiger partial charge in [0.2, 0.25) is 0 Å². The van der Waals surface area contributed by atoms with Crippen LogP contribution in [-0.2, 0) is 19.4 Å². The molecule has 4 heterocycles. The van der Waals surface area contributed by atoms with Gasteiger partial charge >= 0.3 is 0 Å². The number of nitrogens with one attached hydrogen (secondary N) is 1. The second-order valence-corrected chi connectivity index (χ2v) is 10.6. The molecular formula is C25H26N4O2S2. The number of rotatable bonds is 5. The predicted octanol–water partition coefficient (Wildman–Crippen LogP) is 4.98. The Morgan fingerprint density at radius 2 is 2.00 bits per heavy atom. The summed E-state index contributed by atoms with van der Waals surface area (Å²) in [6.45, 7) is 3.29. The van der Waals surface area contributed by atoms with Crippen molar-refractivity contribution in [3.63, 3.8) is 0 Å². The minimum absolute atomic E-state index is 0.00710. The SMILES string of the molecule is Cc1nc(-c2ccc(CCNC(=O)c3ccc4c(=O)n5c(nc4c3)CCCCCC5)s2)cs1. The van der Waals surface area contributed by atoms with Crippen LogP contribution >= 0.6 is 22.7 Å². The number of benzene rings is 1. The van der Waals surface area contributed by atoms with Crippen molar-refractivity contribution >= 4 is 39.5 Å². The van der Waals surface area contributed by atoms with E-state index in [0.29, 0.717) is 23.0 Å². The zero-order chi connectivity index (χ0) is 22.8. The minimum Gasteiger partial charge on any atom is -0.352 e. The van der Waals surface area contributed by atoms with Gasteiger partial charge in [0.15, 0.2) is 0 Å². The van der Waals surface area contributed by atoms with Crippen molar-refractivity contribution in [2.75, 3.05) is 6.54 Å². The van der Waals surface area contributed by atoms with Crippen LogP contribution in [0, 0.1) is 6.92 Å². The lowest BCUT2D eigenvalue weighted by molar-refractivity contribution is 0.0954. The first-order chi connectivity index (χ1) is 16.1. The maximum Gasteiger partial charge on any atom is 0.261 e. The van der Waals surface area contributed by atoms with Gasteiger partial charge in [-0.05, 0) is 56.5 Å². The van der Waals surface area contributed by atoms with Gasteiger partial charge in [-0.1, -0.05) is 12.8 Å². The van der Waals surface area contributed by atoms with E-state index in [2.05, 4.69) is 27.8 Å². The van der Waals surface area contributed by atoms with Gasteiger partial charge in [0.25, 0.3) is 11.5 Å². The molecule has 0 saturated heterocycles. The van der Waals surface area contributed by atoms with Crippen molar-refractivity contribution in [3.05, 3.63) is 67.3 Å². The first-order valence-electron chi connectivity index (χ1n) is 11.4. The molecule has 0 saturated carbocycles. The third kappa shape index (κ3) is 4.77. The van der Waals surface area contributed by atoms with Crippen LogP contribution in [0.2, 0.25) is 0 Å². The fourth-order valence-electron chi connectivity index (χ4n) is 4.26. The Morgan fingerprint density at radius 3 is 2.85 bits per heavy atom. The smallest absolute Gasteiger partial charge is 0.261 e. The topological polar surface area (TPSA) is 76.9 Å². The molecule has 5 rings (SSSR count). The molecule has 0 aliphatic carbocycles. The molecule has 1 N–H and O–H groups in total. The van der Waals surface area contributed by atoms with Gasteiger partial charge in [0.1, 0.15) is 5.82 Å². The standard InChI is InChI=1S/C25H26N4O2S2/c1-16-27-21(15-32-16)22-10-8-18(33-22)11-12-26-24(30)17-7-9-19-20(14-17)28-23-6-4-2-3-5-13-29(23)25(19)31/h7-10,14-15H,2-6,11-13H2,1H3,(H,26,30). The lowest BCUT2D eigenvalue weighted by Gasteiger charge is -2.16. The van der Waals surface area contributed by atoms with Crippen molar-refractivity contribution in [3.8, 4) is 10.6 Å². The van der Waals surface area contributed by atoms with Crippen molar-refractivity contribution < 1.29 is 4.79 Å². The number of nitrogens with zero attached hydrogens (tertiary/aromatic N) is 3. The molecule has 1 aliphatic heterocycles. The summed E-state index contributed by atoms with van der Waals surface area (Å²) in [5.41, 5.74) is 2.18. The minimum atomic E-state index is -0.141. The number of hydrogen-bond donors (Lipinski definition) is 1. The number of carbonyl (C=O) groups excluding carboxylic acids is 1. The van der Waals surface area contributed by atoms with Crippen LogP contribution in [0.4, 0.5) is 0 Å². The van der Waals surface area contributed by atoms with Gasteiger partial charge in [-0.2, -0.15) is 0 Å². The summed E-state index contributed by atoms with van der Waals surface area (Å²) in [7, 11) is 0. The Kier molecular flexibility index (Phi) is 6.37. The summed E-state index contributed by atoms with van der Waals surface area (Å²) in [5.74, 6) is 0.700. The summed E-state index contributed by atoms with van der Waals surface area (Å²) >= 11 is 3.36. The monoisotopic (exact) mass is 478 g/mol. The molecule has 0 radical (unpaired) electrons. The van der Waals surface area contributed by atoms with Gasteiger partial charge in [-0.3, -0.25) is 14.2 Å². The number of aryl methyl sites for hydroxylation is 2. The van der Waals surface area contributed by atoms with E-state index < -0.39 is 0 Å². The van der Waals surface area contributed by atoms with Gasteiger partial charge in [0, 0.05) is 35.3 Å². The van der Waals surface area contributed by atoms with E-state index >= 15 is 0 Å². The molecule has 0 bridgehead atoms. The zero-order valence-electron chi connectivity index (χ0n) is 18.6. The molecule has 0 spiro atoms. The Hall–Kier alpha value is -2.84. The van der Waals surface area contributed by atoms with E-state index in [0.717, 1.165) is 60.1 Å². The highest BCUT2D eigenvalue weighted by molar-refractivity contribution is 7.16. The largest absolute Gasteiger partial charge is 0.352 e. The second-order valence-electron chi connectivity index (χ2n) is 8.40. The molecule has 0 unspecified atom stereocenters. The van der Waals surface area contributed by atoms with Crippen LogP contribution < -0.4 is 10.9 Å². The van der Waals surface area contributed by atoms with E-state index in [1.165, 1.54) is 11.3 Å². The number of amides is 1. The molecule has 3 aromatic heterocycles. The lowest BCUT2D eigenvalue weighted by Crippen LogP contribution is -2.27. The molecule has 1 aromatic carbocycles. The number of aromatic nitrogens is 3. The molecule has 0 atom stereocenters. The van der Waals surface area contributed by atoms with Crippen LogP contribution in [0.15, 0.2) is 40.5 Å². The summed E-state index contributed by atoms with van der Waals surface area (Å²) in [5, 5.41) is 6.72. The maximum absolute atomic E-state index is 13.0. The van der Waals surface area contributed by atoms with Crippen molar-refractivity contribution in [2.45, 2.75) is 52.0 Å². The van der Waals surface area contributed by atoms with Crippen LogP contribution in [0.25, 0.3) is 21.5 Å². The Morgan fingerprint density at radius 1 is 1.12 bits per heavy atom. The lowest BCUT2D eigenvalue weighted by atomic mass is 10.1. The normalized spacial score (nSPS) is 14.0. The molecule has 4 aromatic rings. The Balaban J connectivity index is 1.27. The van der Waals surface area contributed by atoms with Gasteiger partial charge in [-0.25, -0.2) is 9.97 Å². The Bertz CT molecular complexity index is 1370. The fourth-order valence-corrected chi connectivity index (χ4v) is 5.92. The van der Waals surface area contributed by atoms with E-state index in [9.17, 15) is 9.59 Å². The van der Waals surface area contributed by atoms with E-state index in [-0.39, 0.29) is 11.5 Å². The highest BCUT2D eigenvalue weighted by Gasteiger charge is 2.15. The van der Waals surface area contributed by atoms with E-state index in [4.69, 9.17) is 4.98 Å². The average molecular weight is 479 g/mol. The number of fused-ring (bicyclic) bond motifs is 2. The number of carbonyl (C=O) groups is 1. The first-order valence-corrected chi connectivity index (χ1v) is 13.1. The number of hydrogen-bond acceptors (Lipinski definition) is 6. The molecule has 0 fully saturated rings. The first kappa shape index (κ1) is 22.0. The van der Waals surface area contributed by atoms with Crippen molar-refractivity contribution in [1.29, 1.82) is 0 Å².